The third-order valence-electron chi connectivity index (χ3n) is 6.35. The molecule has 0 spiro atoms. The van der Waals surface area contributed by atoms with Gasteiger partial charge in [0.25, 0.3) is 0 Å². The zero-order valence-corrected chi connectivity index (χ0v) is 23.0. The maximum absolute atomic E-state index is 11.1. The van der Waals surface area contributed by atoms with E-state index in [1.165, 1.54) is 0 Å². The minimum Gasteiger partial charge on any atom is -0.493 e. The van der Waals surface area contributed by atoms with Gasteiger partial charge in [0.1, 0.15) is 0 Å². The summed E-state index contributed by atoms with van der Waals surface area (Å²) in [5, 5.41) is 11.7. The van der Waals surface area contributed by atoms with Crippen LogP contribution in [-0.4, -0.2) is 58.1 Å². The van der Waals surface area contributed by atoms with E-state index in [0.717, 1.165) is 23.1 Å². The van der Waals surface area contributed by atoms with Gasteiger partial charge in [0, 0.05) is 24.2 Å². The molecule has 0 bridgehead atoms. The van der Waals surface area contributed by atoms with E-state index >= 15 is 0 Å². The molecule has 0 radical (unpaired) electrons. The molecule has 2 atom stereocenters. The van der Waals surface area contributed by atoms with Crippen LogP contribution in [0.25, 0.3) is 0 Å². The average Bonchev–Trinajstić information content (AvgIpc) is 2.91. The van der Waals surface area contributed by atoms with Crippen molar-refractivity contribution in [3.63, 3.8) is 0 Å². The van der Waals surface area contributed by atoms with Crippen LogP contribution in [0.2, 0.25) is 5.02 Å². The standard InChI is InChI=1S/C29H36ClNO6/c1-19(12-20-10-11-25(33-2)26(13-20)34-3)31(18-24(32)22-8-7-9-23(30)16-22)17-21-14-27(35-4)29(37-6)28(15-21)36-5/h7-11,13-16,19,24,32H,12,17-18H2,1-6H3/t19?,24-/m0/s1. The molecule has 0 aliphatic heterocycles. The third-order valence-corrected chi connectivity index (χ3v) is 6.59. The fourth-order valence-electron chi connectivity index (χ4n) is 4.38. The molecular formula is C29H36ClNO6. The molecule has 0 aliphatic rings. The Balaban J connectivity index is 1.92. The van der Waals surface area contributed by atoms with Crippen LogP contribution in [0.5, 0.6) is 28.7 Å². The minimum atomic E-state index is -0.728. The Morgan fingerprint density at radius 1 is 0.757 bits per heavy atom. The monoisotopic (exact) mass is 529 g/mol. The lowest BCUT2D eigenvalue weighted by atomic mass is 10.0. The predicted molar refractivity (Wildman–Crippen MR) is 146 cm³/mol. The van der Waals surface area contributed by atoms with Crippen molar-refractivity contribution >= 4 is 11.6 Å². The zero-order chi connectivity index (χ0) is 26.9. The highest BCUT2D eigenvalue weighted by molar-refractivity contribution is 6.30. The van der Waals surface area contributed by atoms with Gasteiger partial charge in [0.2, 0.25) is 5.75 Å². The highest BCUT2D eigenvalue weighted by Crippen LogP contribution is 2.39. The molecule has 0 amide bonds. The van der Waals surface area contributed by atoms with Crippen molar-refractivity contribution in [2.24, 2.45) is 0 Å². The van der Waals surface area contributed by atoms with Gasteiger partial charge in [-0.3, -0.25) is 4.90 Å². The van der Waals surface area contributed by atoms with E-state index in [1.807, 2.05) is 42.5 Å². The molecule has 0 fully saturated rings. The summed E-state index contributed by atoms with van der Waals surface area (Å²) < 4.78 is 27.5. The number of aliphatic hydroxyl groups is 1. The predicted octanol–water partition coefficient (Wildman–Crippen LogP) is 5.55. The second-order valence-electron chi connectivity index (χ2n) is 8.78. The van der Waals surface area contributed by atoms with Gasteiger partial charge in [-0.2, -0.15) is 0 Å². The van der Waals surface area contributed by atoms with Crippen molar-refractivity contribution in [2.45, 2.75) is 32.0 Å². The lowest BCUT2D eigenvalue weighted by Gasteiger charge is -2.32. The normalized spacial score (nSPS) is 12.7. The highest BCUT2D eigenvalue weighted by Gasteiger charge is 2.22. The number of benzene rings is 3. The number of halogens is 1. The lowest BCUT2D eigenvalue weighted by Crippen LogP contribution is -2.37. The van der Waals surface area contributed by atoms with Crippen molar-refractivity contribution in [3.05, 3.63) is 76.3 Å². The maximum Gasteiger partial charge on any atom is 0.203 e. The number of hydrogen-bond acceptors (Lipinski definition) is 7. The molecule has 3 aromatic carbocycles. The molecule has 0 aliphatic carbocycles. The summed E-state index contributed by atoms with van der Waals surface area (Å²) in [6, 6.07) is 17.2. The van der Waals surface area contributed by atoms with Gasteiger partial charge in [-0.15, -0.1) is 0 Å². The number of ether oxygens (including phenoxy) is 5. The third kappa shape index (κ3) is 7.22. The van der Waals surface area contributed by atoms with Crippen LogP contribution < -0.4 is 23.7 Å². The first-order chi connectivity index (χ1) is 17.8. The van der Waals surface area contributed by atoms with Crippen molar-refractivity contribution in [1.29, 1.82) is 0 Å². The first-order valence-electron chi connectivity index (χ1n) is 12.0. The van der Waals surface area contributed by atoms with E-state index in [9.17, 15) is 5.11 Å². The molecule has 0 heterocycles. The second-order valence-corrected chi connectivity index (χ2v) is 9.21. The van der Waals surface area contributed by atoms with E-state index in [-0.39, 0.29) is 6.04 Å². The fraction of sp³-hybridized carbons (Fsp3) is 0.379. The molecule has 0 saturated carbocycles. The van der Waals surface area contributed by atoms with Gasteiger partial charge >= 0.3 is 0 Å². The Morgan fingerprint density at radius 2 is 1.38 bits per heavy atom. The van der Waals surface area contributed by atoms with Crippen molar-refractivity contribution in [2.75, 3.05) is 42.1 Å². The Labute approximate surface area is 224 Å². The fourth-order valence-corrected chi connectivity index (χ4v) is 4.58. The summed E-state index contributed by atoms with van der Waals surface area (Å²) in [7, 11) is 8.03. The zero-order valence-electron chi connectivity index (χ0n) is 22.3. The van der Waals surface area contributed by atoms with E-state index in [4.69, 9.17) is 35.3 Å². The first kappa shape index (κ1) is 28.4. The summed E-state index contributed by atoms with van der Waals surface area (Å²) in [5.74, 6) is 3.07. The molecule has 1 unspecified atom stereocenters. The molecule has 200 valence electrons. The van der Waals surface area contributed by atoms with Gasteiger partial charge < -0.3 is 28.8 Å². The Kier molecular flexibility index (Phi) is 10.3. The minimum absolute atomic E-state index is 0.0611. The Bertz CT molecular complexity index is 1150. The quantitative estimate of drug-likeness (QED) is 0.311. The largest absolute Gasteiger partial charge is 0.493 e. The van der Waals surface area contributed by atoms with E-state index in [2.05, 4.69) is 11.8 Å². The van der Waals surface area contributed by atoms with Crippen LogP contribution in [0.1, 0.15) is 29.7 Å². The second kappa shape index (κ2) is 13.4. The summed E-state index contributed by atoms with van der Waals surface area (Å²) >= 11 is 6.19. The van der Waals surface area contributed by atoms with Crippen molar-refractivity contribution in [3.8, 4) is 28.7 Å². The maximum atomic E-state index is 11.1. The number of hydrogen-bond donors (Lipinski definition) is 1. The van der Waals surface area contributed by atoms with E-state index < -0.39 is 6.10 Å². The Morgan fingerprint density at radius 3 is 1.95 bits per heavy atom. The molecule has 3 rings (SSSR count). The number of aliphatic hydroxyl groups excluding tert-OH is 1. The number of nitrogens with zero attached hydrogens (tertiary/aromatic N) is 1. The van der Waals surface area contributed by atoms with Crippen LogP contribution >= 0.6 is 11.6 Å². The summed E-state index contributed by atoms with van der Waals surface area (Å²) in [4.78, 5) is 2.23. The highest BCUT2D eigenvalue weighted by atomic mass is 35.5. The smallest absolute Gasteiger partial charge is 0.203 e. The van der Waals surface area contributed by atoms with Crippen molar-refractivity contribution < 1.29 is 28.8 Å². The molecule has 0 saturated heterocycles. The number of rotatable bonds is 13. The molecule has 7 nitrogen and oxygen atoms in total. The van der Waals surface area contributed by atoms with Crippen LogP contribution in [0.4, 0.5) is 0 Å². The molecule has 8 heteroatoms. The van der Waals surface area contributed by atoms with E-state index in [1.54, 1.807) is 47.7 Å². The molecular weight excluding hydrogens is 494 g/mol. The number of methoxy groups -OCH3 is 5. The van der Waals surface area contributed by atoms with Crippen LogP contribution in [0.15, 0.2) is 54.6 Å². The van der Waals surface area contributed by atoms with Gasteiger partial charge in [0.15, 0.2) is 23.0 Å². The summed E-state index contributed by atoms with van der Waals surface area (Å²) in [5.41, 5.74) is 2.82. The molecule has 1 N–H and O–H groups in total. The SMILES string of the molecule is COc1ccc(CC(C)N(Cc2cc(OC)c(OC)c(OC)c2)C[C@H](O)c2cccc(Cl)c2)cc1OC. The van der Waals surface area contributed by atoms with Gasteiger partial charge in [-0.05, 0) is 66.4 Å². The summed E-state index contributed by atoms with van der Waals surface area (Å²) in [6.07, 6.45) is 0.00106. The van der Waals surface area contributed by atoms with Crippen LogP contribution in [0.3, 0.4) is 0 Å². The van der Waals surface area contributed by atoms with Crippen LogP contribution in [-0.2, 0) is 13.0 Å². The van der Waals surface area contributed by atoms with Crippen LogP contribution in [0, 0.1) is 0 Å². The Hall–Kier alpha value is -3.13. The summed E-state index contributed by atoms with van der Waals surface area (Å²) in [6.45, 7) is 3.08. The lowest BCUT2D eigenvalue weighted by molar-refractivity contribution is 0.0858. The van der Waals surface area contributed by atoms with Gasteiger partial charge in [-0.25, -0.2) is 0 Å². The van der Waals surface area contributed by atoms with Crippen molar-refractivity contribution in [1.82, 2.24) is 4.90 Å². The topological polar surface area (TPSA) is 69.6 Å². The average molecular weight is 530 g/mol. The molecule has 0 aromatic heterocycles. The first-order valence-corrected chi connectivity index (χ1v) is 12.4. The molecule has 37 heavy (non-hydrogen) atoms. The van der Waals surface area contributed by atoms with Gasteiger partial charge in [-0.1, -0.05) is 29.8 Å². The van der Waals surface area contributed by atoms with E-state index in [0.29, 0.717) is 46.9 Å². The van der Waals surface area contributed by atoms with Gasteiger partial charge in [0.05, 0.1) is 41.7 Å². The molecule has 3 aromatic rings.